The molecule has 3 aliphatic carbocycles. The molecule has 30 heavy (non-hydrogen) atoms. The number of methoxy groups -OCH3 is 1. The predicted octanol–water partition coefficient (Wildman–Crippen LogP) is 5.40. The molecule has 1 N–H and O–H groups in total. The van der Waals surface area contributed by atoms with Crippen LogP contribution in [0.25, 0.3) is 21.9 Å². The minimum absolute atomic E-state index is 0.0773. The fourth-order valence-corrected chi connectivity index (χ4v) is 5.70. The Morgan fingerprint density at radius 2 is 1.73 bits per heavy atom. The van der Waals surface area contributed by atoms with Crippen molar-refractivity contribution in [2.24, 2.45) is 5.41 Å². The molecule has 6 rings (SSSR count). The molecule has 3 aromatic carbocycles. The van der Waals surface area contributed by atoms with Crippen LogP contribution in [0.2, 0.25) is 0 Å². The van der Waals surface area contributed by atoms with Crippen LogP contribution >= 0.6 is 15.9 Å². The van der Waals surface area contributed by atoms with Crippen LogP contribution in [0.4, 0.5) is 0 Å². The molecule has 0 atom stereocenters. The molecule has 1 amide bonds. The second kappa shape index (κ2) is 6.67. The van der Waals surface area contributed by atoms with Gasteiger partial charge in [0.2, 0.25) is 0 Å². The van der Waals surface area contributed by atoms with Gasteiger partial charge in [0.05, 0.1) is 18.1 Å². The van der Waals surface area contributed by atoms with Crippen LogP contribution in [0.3, 0.4) is 0 Å². The number of benzene rings is 3. The third-order valence-corrected chi connectivity index (χ3v) is 7.20. The van der Waals surface area contributed by atoms with Crippen molar-refractivity contribution >= 4 is 38.6 Å². The number of nitrogens with one attached hydrogen (secondary N) is 1. The summed E-state index contributed by atoms with van der Waals surface area (Å²) in [4.78, 5) is 25.5. The van der Waals surface area contributed by atoms with Gasteiger partial charge in [0, 0.05) is 10.0 Å². The molecule has 0 unspecified atom stereocenters. The van der Waals surface area contributed by atoms with Gasteiger partial charge < -0.3 is 10.1 Å². The molecular formula is C25H22BrNO3. The molecule has 0 spiro atoms. The molecule has 0 aliphatic heterocycles. The Kier molecular flexibility index (Phi) is 4.30. The summed E-state index contributed by atoms with van der Waals surface area (Å²) in [5.41, 5.74) is 3.14. The van der Waals surface area contributed by atoms with Gasteiger partial charge in [-0.05, 0) is 71.8 Å². The van der Waals surface area contributed by atoms with E-state index in [0.717, 1.165) is 31.9 Å². The summed E-state index contributed by atoms with van der Waals surface area (Å²) in [7, 11) is 1.43. The highest BCUT2D eigenvalue weighted by Crippen LogP contribution is 2.67. The fourth-order valence-electron chi connectivity index (χ4n) is 5.34. The fraction of sp³-hybridized carbons (Fsp3) is 0.280. The highest BCUT2D eigenvalue weighted by atomic mass is 79.9. The molecule has 0 radical (unpaired) electrons. The number of hydrogen-bond acceptors (Lipinski definition) is 3. The lowest BCUT2D eigenvalue weighted by Gasteiger charge is -2.68. The number of carbonyl (C=O) groups excluding carboxylic acids is 2. The molecule has 152 valence electrons. The molecule has 3 aliphatic rings. The Labute approximate surface area is 183 Å². The van der Waals surface area contributed by atoms with Crippen LogP contribution in [0, 0.1) is 12.3 Å². The van der Waals surface area contributed by atoms with Gasteiger partial charge in [-0.15, -0.1) is 0 Å². The lowest BCUT2D eigenvalue weighted by Crippen LogP contribution is -2.77. The van der Waals surface area contributed by atoms with Crippen LogP contribution < -0.4 is 5.32 Å². The summed E-state index contributed by atoms with van der Waals surface area (Å²) in [5.74, 6) is -0.234. The third-order valence-electron chi connectivity index (χ3n) is 6.70. The predicted molar refractivity (Wildman–Crippen MR) is 120 cm³/mol. The first-order valence-electron chi connectivity index (χ1n) is 10.1. The largest absolute Gasteiger partial charge is 0.469 e. The minimum atomic E-state index is -0.381. The summed E-state index contributed by atoms with van der Waals surface area (Å²) in [5, 5.41) is 5.20. The van der Waals surface area contributed by atoms with Crippen LogP contribution in [-0.4, -0.2) is 24.5 Å². The Bertz CT molecular complexity index is 1180. The van der Waals surface area contributed by atoms with Gasteiger partial charge in [-0.1, -0.05) is 52.3 Å². The van der Waals surface area contributed by atoms with Gasteiger partial charge >= 0.3 is 5.97 Å². The van der Waals surface area contributed by atoms with E-state index in [0.29, 0.717) is 24.8 Å². The first-order chi connectivity index (χ1) is 14.4. The number of rotatable bonds is 4. The minimum Gasteiger partial charge on any atom is -0.469 e. The van der Waals surface area contributed by atoms with Gasteiger partial charge in [-0.3, -0.25) is 9.59 Å². The maximum absolute atomic E-state index is 13.5. The van der Waals surface area contributed by atoms with Gasteiger partial charge in [0.15, 0.2) is 0 Å². The average molecular weight is 464 g/mol. The molecule has 2 bridgehead atoms. The second-order valence-electron chi connectivity index (χ2n) is 8.69. The molecule has 5 heteroatoms. The van der Waals surface area contributed by atoms with Crippen molar-refractivity contribution in [2.45, 2.75) is 31.7 Å². The zero-order chi connectivity index (χ0) is 21.1. The highest BCUT2D eigenvalue weighted by molar-refractivity contribution is 9.10. The summed E-state index contributed by atoms with van der Waals surface area (Å²) in [6.07, 6.45) is 1.99. The van der Waals surface area contributed by atoms with E-state index in [1.807, 2.05) is 43.3 Å². The zero-order valence-corrected chi connectivity index (χ0v) is 18.5. The average Bonchev–Trinajstić information content (AvgIpc) is 2.69. The smallest absolute Gasteiger partial charge is 0.312 e. The van der Waals surface area contributed by atoms with E-state index in [-0.39, 0.29) is 22.8 Å². The Morgan fingerprint density at radius 3 is 2.40 bits per heavy atom. The van der Waals surface area contributed by atoms with Gasteiger partial charge in [-0.25, -0.2) is 0 Å². The normalized spacial score (nSPS) is 24.0. The molecule has 3 saturated carbocycles. The van der Waals surface area contributed by atoms with E-state index in [1.54, 1.807) is 0 Å². The van der Waals surface area contributed by atoms with E-state index in [2.05, 4.69) is 39.4 Å². The summed E-state index contributed by atoms with van der Waals surface area (Å²) in [6, 6.07) is 18.3. The standard InChI is InChI=1S/C25H22BrNO3/c1-15-19(16-6-4-3-5-7-16)10-17-8-9-18(26)11-20(17)21(15)22(28)27-25-12-24(13-25,14-25)23(29)30-2/h3-11H,12-14H2,1-2H3,(H,27,28). The van der Waals surface area contributed by atoms with Crippen molar-refractivity contribution in [2.75, 3.05) is 7.11 Å². The maximum atomic E-state index is 13.5. The lowest BCUT2D eigenvalue weighted by molar-refractivity contribution is -0.199. The van der Waals surface area contributed by atoms with E-state index in [4.69, 9.17) is 4.74 Å². The quantitative estimate of drug-likeness (QED) is 0.526. The second-order valence-corrected chi connectivity index (χ2v) is 9.61. The van der Waals surface area contributed by atoms with E-state index >= 15 is 0 Å². The van der Waals surface area contributed by atoms with E-state index in [1.165, 1.54) is 7.11 Å². The van der Waals surface area contributed by atoms with Crippen molar-refractivity contribution < 1.29 is 14.3 Å². The zero-order valence-electron chi connectivity index (χ0n) is 16.9. The number of amides is 1. The number of ether oxygens (including phenoxy) is 1. The van der Waals surface area contributed by atoms with Crippen LogP contribution in [0.1, 0.15) is 35.2 Å². The van der Waals surface area contributed by atoms with Crippen molar-refractivity contribution in [3.63, 3.8) is 0 Å². The van der Waals surface area contributed by atoms with Gasteiger partial charge in [0.1, 0.15) is 0 Å². The maximum Gasteiger partial charge on any atom is 0.312 e. The Balaban J connectivity index is 1.55. The van der Waals surface area contributed by atoms with Crippen molar-refractivity contribution in [1.82, 2.24) is 5.32 Å². The first-order valence-corrected chi connectivity index (χ1v) is 10.8. The summed E-state index contributed by atoms with van der Waals surface area (Å²) in [6.45, 7) is 2.01. The summed E-state index contributed by atoms with van der Waals surface area (Å²) >= 11 is 3.55. The number of hydrogen-bond donors (Lipinski definition) is 1. The van der Waals surface area contributed by atoms with Crippen LogP contribution in [0.15, 0.2) is 59.1 Å². The molecule has 4 nitrogen and oxygen atoms in total. The lowest BCUT2D eigenvalue weighted by atomic mass is 9.39. The van der Waals surface area contributed by atoms with E-state index in [9.17, 15) is 9.59 Å². The molecule has 0 heterocycles. The molecule has 3 aromatic rings. The molecule has 0 saturated heterocycles. The third kappa shape index (κ3) is 2.79. The van der Waals surface area contributed by atoms with Crippen LogP contribution in [0.5, 0.6) is 0 Å². The monoisotopic (exact) mass is 463 g/mol. The van der Waals surface area contributed by atoms with E-state index < -0.39 is 0 Å². The van der Waals surface area contributed by atoms with Crippen molar-refractivity contribution in [3.8, 4) is 11.1 Å². The first kappa shape index (κ1) is 19.3. The number of carbonyl (C=O) groups is 2. The molecule has 0 aromatic heterocycles. The number of esters is 1. The topological polar surface area (TPSA) is 55.4 Å². The molecule has 3 fully saturated rings. The molecular weight excluding hydrogens is 442 g/mol. The van der Waals surface area contributed by atoms with Crippen molar-refractivity contribution in [1.29, 1.82) is 0 Å². The SMILES string of the molecule is COC(=O)C12CC(NC(=O)c3c(C)c(-c4ccccc4)cc4ccc(Br)cc34)(C1)C2. The highest BCUT2D eigenvalue weighted by Gasteiger charge is 2.73. The Morgan fingerprint density at radius 1 is 1.03 bits per heavy atom. The Hall–Kier alpha value is -2.66. The van der Waals surface area contributed by atoms with Gasteiger partial charge in [0.25, 0.3) is 5.91 Å². The number of fused-ring (bicyclic) bond motifs is 1. The van der Waals surface area contributed by atoms with Crippen LogP contribution in [-0.2, 0) is 9.53 Å². The van der Waals surface area contributed by atoms with Gasteiger partial charge in [-0.2, -0.15) is 0 Å². The van der Waals surface area contributed by atoms with Crippen molar-refractivity contribution in [3.05, 3.63) is 70.2 Å². The number of halogens is 1. The summed E-state index contributed by atoms with van der Waals surface area (Å²) < 4.78 is 5.86.